The monoisotopic (exact) mass is 384 g/mol. The zero-order chi connectivity index (χ0) is 15.0. The van der Waals surface area contributed by atoms with Crippen molar-refractivity contribution >= 4 is 50.2 Å². The van der Waals surface area contributed by atoms with Crippen molar-refractivity contribution in [3.8, 4) is 11.4 Å². The van der Waals surface area contributed by atoms with E-state index in [2.05, 4.69) is 20.9 Å². The van der Waals surface area contributed by atoms with Crippen LogP contribution in [-0.4, -0.2) is 16.7 Å². The van der Waals surface area contributed by atoms with Gasteiger partial charge in [0.25, 0.3) is 0 Å². The summed E-state index contributed by atoms with van der Waals surface area (Å²) >= 11 is 15.7. The van der Waals surface area contributed by atoms with Gasteiger partial charge in [-0.25, -0.2) is 4.98 Å². The molecule has 0 bridgehead atoms. The maximum Gasteiger partial charge on any atom is 0.129 e. The molecule has 0 spiro atoms. The van der Waals surface area contributed by atoms with E-state index in [4.69, 9.17) is 27.9 Å². The van der Waals surface area contributed by atoms with Gasteiger partial charge in [-0.1, -0.05) is 11.6 Å². The molecule has 3 rings (SSSR count). The second kappa shape index (κ2) is 5.87. The number of ether oxygens (including phenoxy) is 1. The summed E-state index contributed by atoms with van der Waals surface area (Å²) < 4.78 is 8.22. The van der Waals surface area contributed by atoms with E-state index in [1.54, 1.807) is 7.11 Å². The number of alkyl halides is 1. The SMILES string of the molecule is COc1ccc(Br)c(-n2c(CCl)nc3ccc(Cl)cc32)c1. The van der Waals surface area contributed by atoms with Gasteiger partial charge in [-0.15, -0.1) is 11.6 Å². The van der Waals surface area contributed by atoms with Crippen LogP contribution in [0.1, 0.15) is 5.82 Å². The first-order valence-electron chi connectivity index (χ1n) is 6.21. The molecule has 1 heterocycles. The van der Waals surface area contributed by atoms with Gasteiger partial charge in [0.1, 0.15) is 11.6 Å². The van der Waals surface area contributed by atoms with Crippen molar-refractivity contribution in [2.45, 2.75) is 5.88 Å². The number of hydrogen-bond acceptors (Lipinski definition) is 2. The molecule has 0 saturated carbocycles. The molecule has 3 aromatic rings. The molecule has 0 radical (unpaired) electrons. The number of methoxy groups -OCH3 is 1. The molecule has 0 N–H and O–H groups in total. The van der Waals surface area contributed by atoms with Crippen LogP contribution in [0.15, 0.2) is 40.9 Å². The third-order valence-corrected chi connectivity index (χ3v) is 4.34. The fourth-order valence-corrected chi connectivity index (χ4v) is 3.02. The summed E-state index contributed by atoms with van der Waals surface area (Å²) in [4.78, 5) is 4.56. The molecular weight excluding hydrogens is 375 g/mol. The number of imidazole rings is 1. The maximum atomic E-state index is 6.12. The molecule has 0 atom stereocenters. The highest BCUT2D eigenvalue weighted by atomic mass is 79.9. The quantitative estimate of drug-likeness (QED) is 0.580. The standard InChI is InChI=1S/C15H11BrCl2N2O/c1-21-10-3-4-11(16)13(7-10)20-14-6-9(18)2-5-12(14)19-15(20)8-17/h2-7H,8H2,1H3. The van der Waals surface area contributed by atoms with Gasteiger partial charge in [0, 0.05) is 15.6 Å². The summed E-state index contributed by atoms with van der Waals surface area (Å²) in [6.45, 7) is 0. The van der Waals surface area contributed by atoms with E-state index < -0.39 is 0 Å². The van der Waals surface area contributed by atoms with Gasteiger partial charge in [0.2, 0.25) is 0 Å². The second-order valence-electron chi connectivity index (χ2n) is 4.45. The van der Waals surface area contributed by atoms with Crippen LogP contribution in [0, 0.1) is 0 Å². The summed E-state index contributed by atoms with van der Waals surface area (Å²) in [5, 5.41) is 0.656. The zero-order valence-electron chi connectivity index (χ0n) is 11.1. The predicted molar refractivity (Wildman–Crippen MR) is 89.9 cm³/mol. The molecule has 108 valence electrons. The van der Waals surface area contributed by atoms with Crippen LogP contribution in [0.2, 0.25) is 5.02 Å². The van der Waals surface area contributed by atoms with Gasteiger partial charge in [0.05, 0.1) is 29.7 Å². The molecule has 0 saturated heterocycles. The first-order chi connectivity index (χ1) is 10.1. The number of nitrogens with zero attached hydrogens (tertiary/aromatic N) is 2. The van der Waals surface area contributed by atoms with Crippen LogP contribution in [0.25, 0.3) is 16.7 Å². The van der Waals surface area contributed by atoms with Crippen LogP contribution < -0.4 is 4.74 Å². The summed E-state index contributed by atoms with van der Waals surface area (Å²) in [7, 11) is 1.64. The first kappa shape index (κ1) is 14.7. The Balaban J connectivity index is 2.35. The Labute approximate surface area is 140 Å². The lowest BCUT2D eigenvalue weighted by atomic mass is 10.2. The highest BCUT2D eigenvalue weighted by Gasteiger charge is 2.15. The number of hydrogen-bond donors (Lipinski definition) is 0. The summed E-state index contributed by atoms with van der Waals surface area (Å²) in [5.74, 6) is 1.82. The normalized spacial score (nSPS) is 11.0. The third kappa shape index (κ3) is 2.63. The van der Waals surface area contributed by atoms with Gasteiger partial charge >= 0.3 is 0 Å². The molecule has 21 heavy (non-hydrogen) atoms. The van der Waals surface area contributed by atoms with Gasteiger partial charge < -0.3 is 4.74 Å². The van der Waals surface area contributed by atoms with Crippen molar-refractivity contribution in [1.29, 1.82) is 0 Å². The van der Waals surface area contributed by atoms with Crippen LogP contribution in [0.4, 0.5) is 0 Å². The molecule has 0 amide bonds. The lowest BCUT2D eigenvalue weighted by molar-refractivity contribution is 0.414. The van der Waals surface area contributed by atoms with E-state index in [1.165, 1.54) is 0 Å². The Morgan fingerprint density at radius 3 is 2.76 bits per heavy atom. The Morgan fingerprint density at radius 1 is 1.24 bits per heavy atom. The molecule has 6 heteroatoms. The van der Waals surface area contributed by atoms with Crippen LogP contribution in [-0.2, 0) is 5.88 Å². The highest BCUT2D eigenvalue weighted by molar-refractivity contribution is 9.10. The highest BCUT2D eigenvalue weighted by Crippen LogP contribution is 2.31. The van der Waals surface area contributed by atoms with E-state index in [-0.39, 0.29) is 0 Å². The van der Waals surface area contributed by atoms with Crippen LogP contribution in [0.3, 0.4) is 0 Å². The third-order valence-electron chi connectivity index (χ3n) is 3.20. The largest absolute Gasteiger partial charge is 0.497 e. The smallest absolute Gasteiger partial charge is 0.129 e. The number of rotatable bonds is 3. The van der Waals surface area contributed by atoms with Gasteiger partial charge in [-0.3, -0.25) is 4.57 Å². The topological polar surface area (TPSA) is 27.1 Å². The van der Waals surface area contributed by atoms with Crippen LogP contribution >= 0.6 is 39.1 Å². The Hall–Kier alpha value is -1.23. The second-order valence-corrected chi connectivity index (χ2v) is 6.01. The first-order valence-corrected chi connectivity index (χ1v) is 7.91. The average molecular weight is 386 g/mol. The van der Waals surface area contributed by atoms with Gasteiger partial charge in [-0.05, 0) is 46.3 Å². The predicted octanol–water partition coefficient (Wildman–Crippen LogP) is 5.19. The minimum atomic E-state index is 0.302. The molecule has 2 aromatic carbocycles. The number of halogens is 3. The lowest BCUT2D eigenvalue weighted by Crippen LogP contribution is -2.01. The Kier molecular flexibility index (Phi) is 4.11. The number of aromatic nitrogens is 2. The minimum Gasteiger partial charge on any atom is -0.497 e. The molecule has 0 aliphatic carbocycles. The fraction of sp³-hybridized carbons (Fsp3) is 0.133. The molecule has 0 aliphatic rings. The molecule has 1 aromatic heterocycles. The van der Waals surface area contributed by atoms with Crippen molar-refractivity contribution < 1.29 is 4.74 Å². The van der Waals surface area contributed by atoms with E-state index in [0.717, 1.165) is 32.8 Å². The van der Waals surface area contributed by atoms with Crippen molar-refractivity contribution in [3.05, 3.63) is 51.7 Å². The molecular formula is C15H11BrCl2N2O. The van der Waals surface area contributed by atoms with Crippen molar-refractivity contribution in [2.75, 3.05) is 7.11 Å². The summed E-state index contributed by atoms with van der Waals surface area (Å²) in [6.07, 6.45) is 0. The molecule has 0 aliphatic heterocycles. The Bertz CT molecular complexity index is 817. The number of benzene rings is 2. The number of fused-ring (bicyclic) bond motifs is 1. The van der Waals surface area contributed by atoms with E-state index in [0.29, 0.717) is 10.9 Å². The van der Waals surface area contributed by atoms with E-state index in [9.17, 15) is 0 Å². The zero-order valence-corrected chi connectivity index (χ0v) is 14.2. The summed E-state index contributed by atoms with van der Waals surface area (Å²) in [5.41, 5.74) is 2.67. The molecule has 0 unspecified atom stereocenters. The lowest BCUT2D eigenvalue weighted by Gasteiger charge is -2.12. The van der Waals surface area contributed by atoms with Crippen molar-refractivity contribution in [3.63, 3.8) is 0 Å². The minimum absolute atomic E-state index is 0.302. The van der Waals surface area contributed by atoms with Gasteiger partial charge in [0.15, 0.2) is 0 Å². The Morgan fingerprint density at radius 2 is 2.05 bits per heavy atom. The van der Waals surface area contributed by atoms with Gasteiger partial charge in [-0.2, -0.15) is 0 Å². The van der Waals surface area contributed by atoms with Crippen molar-refractivity contribution in [2.24, 2.45) is 0 Å². The van der Waals surface area contributed by atoms with Crippen LogP contribution in [0.5, 0.6) is 5.75 Å². The summed E-state index contributed by atoms with van der Waals surface area (Å²) in [6, 6.07) is 11.3. The van der Waals surface area contributed by atoms with E-state index >= 15 is 0 Å². The average Bonchev–Trinajstić information content (AvgIpc) is 2.85. The van der Waals surface area contributed by atoms with Crippen molar-refractivity contribution in [1.82, 2.24) is 9.55 Å². The van der Waals surface area contributed by atoms with E-state index in [1.807, 2.05) is 41.0 Å². The molecule has 3 nitrogen and oxygen atoms in total. The maximum absolute atomic E-state index is 6.12. The fourth-order valence-electron chi connectivity index (χ4n) is 2.25. The molecule has 0 fully saturated rings.